The minimum Gasteiger partial charge on any atom is -0.376 e. The van der Waals surface area contributed by atoms with Gasteiger partial charge in [-0.1, -0.05) is 29.5 Å². The average Bonchev–Trinajstić information content (AvgIpc) is 3.35. The van der Waals surface area contributed by atoms with E-state index >= 15 is 0 Å². The minimum atomic E-state index is -3.61. The third-order valence-corrected chi connectivity index (χ3v) is 6.96. The van der Waals surface area contributed by atoms with Crippen LogP contribution in [0.15, 0.2) is 47.4 Å². The number of carbonyl (C=O) groups is 1. The Morgan fingerprint density at radius 1 is 1.28 bits per heavy atom. The third-order valence-electron chi connectivity index (χ3n) is 4.76. The van der Waals surface area contributed by atoms with Crippen LogP contribution < -0.4 is 4.90 Å². The summed E-state index contributed by atoms with van der Waals surface area (Å²) in [5.41, 5.74) is 0.252. The van der Waals surface area contributed by atoms with Crippen molar-refractivity contribution in [2.45, 2.75) is 23.8 Å². The lowest BCUT2D eigenvalue weighted by Gasteiger charge is -2.24. The smallest absolute Gasteiger partial charge is 0.261 e. The summed E-state index contributed by atoms with van der Waals surface area (Å²) in [6.45, 7) is 0.833. The number of benzene rings is 2. The van der Waals surface area contributed by atoms with Crippen molar-refractivity contribution in [1.82, 2.24) is 4.98 Å². The van der Waals surface area contributed by atoms with E-state index in [9.17, 15) is 17.6 Å². The number of halogens is 1. The lowest BCUT2D eigenvalue weighted by atomic mass is 10.1. The molecule has 0 bridgehead atoms. The number of nitrogens with zero attached hydrogens (tertiary/aromatic N) is 2. The summed E-state index contributed by atoms with van der Waals surface area (Å²) in [6, 6.07) is 10.7. The monoisotopic (exact) mass is 434 g/mol. The Labute approximate surface area is 171 Å². The molecule has 0 aliphatic carbocycles. The Hall–Kier alpha value is -2.36. The van der Waals surface area contributed by atoms with Gasteiger partial charge in [0.2, 0.25) is 0 Å². The number of hydrogen-bond acceptors (Lipinski definition) is 6. The predicted molar refractivity (Wildman–Crippen MR) is 110 cm³/mol. The van der Waals surface area contributed by atoms with Gasteiger partial charge < -0.3 is 4.74 Å². The van der Waals surface area contributed by atoms with Crippen LogP contribution in [0.1, 0.15) is 23.2 Å². The molecule has 1 atom stereocenters. The first kappa shape index (κ1) is 19.9. The number of thiazole rings is 1. The van der Waals surface area contributed by atoms with E-state index in [1.165, 1.54) is 34.4 Å². The number of amides is 1. The van der Waals surface area contributed by atoms with Gasteiger partial charge in [-0.25, -0.2) is 17.8 Å². The van der Waals surface area contributed by atoms with Gasteiger partial charge >= 0.3 is 0 Å². The lowest BCUT2D eigenvalue weighted by molar-refractivity contribution is 0.0915. The summed E-state index contributed by atoms with van der Waals surface area (Å²) in [6.07, 6.45) is 2.57. The highest BCUT2D eigenvalue weighted by atomic mass is 32.2. The SMILES string of the molecule is CS(=O)(=O)c1ccccc1C(=O)N(CC1CCCO1)c1nc2c(F)cccc2s1. The summed E-state index contributed by atoms with van der Waals surface area (Å²) in [4.78, 5) is 19.1. The molecule has 0 spiro atoms. The molecule has 1 unspecified atom stereocenters. The molecule has 9 heteroatoms. The molecular weight excluding hydrogens is 415 g/mol. The Morgan fingerprint density at radius 2 is 2.07 bits per heavy atom. The van der Waals surface area contributed by atoms with Crippen LogP contribution in [0, 0.1) is 5.82 Å². The van der Waals surface area contributed by atoms with Crippen molar-refractivity contribution in [3.05, 3.63) is 53.8 Å². The predicted octanol–water partition coefficient (Wildman–Crippen LogP) is 3.66. The fourth-order valence-electron chi connectivity index (χ4n) is 3.37. The Morgan fingerprint density at radius 3 is 2.76 bits per heavy atom. The molecule has 1 amide bonds. The molecule has 0 saturated carbocycles. The van der Waals surface area contributed by atoms with Crippen molar-refractivity contribution >= 4 is 42.4 Å². The van der Waals surface area contributed by atoms with Crippen molar-refractivity contribution in [2.75, 3.05) is 24.3 Å². The van der Waals surface area contributed by atoms with Gasteiger partial charge in [0, 0.05) is 12.9 Å². The molecule has 1 aliphatic rings. The van der Waals surface area contributed by atoms with E-state index in [1.807, 2.05) is 0 Å². The van der Waals surface area contributed by atoms with Crippen LogP contribution in [0.3, 0.4) is 0 Å². The van der Waals surface area contributed by atoms with Crippen LogP contribution in [-0.2, 0) is 14.6 Å². The normalized spacial score (nSPS) is 17.0. The van der Waals surface area contributed by atoms with Crippen LogP contribution in [0.2, 0.25) is 0 Å². The molecule has 152 valence electrons. The van der Waals surface area contributed by atoms with Crippen molar-refractivity contribution in [2.24, 2.45) is 0 Å². The standard InChI is InChI=1S/C20H19FN2O4S2/c1-29(25,26)17-10-3-2-7-14(17)19(24)23(12-13-6-5-11-27-13)20-22-18-15(21)8-4-9-16(18)28-20/h2-4,7-10,13H,5-6,11-12H2,1H3. The van der Waals surface area contributed by atoms with Gasteiger partial charge in [-0.15, -0.1) is 0 Å². The van der Waals surface area contributed by atoms with Gasteiger partial charge in [-0.2, -0.15) is 0 Å². The largest absolute Gasteiger partial charge is 0.376 e. The number of rotatable bonds is 5. The van der Waals surface area contributed by atoms with Gasteiger partial charge in [0.05, 0.1) is 27.8 Å². The van der Waals surface area contributed by atoms with Crippen molar-refractivity contribution in [1.29, 1.82) is 0 Å². The van der Waals surface area contributed by atoms with Crippen LogP contribution in [0.25, 0.3) is 10.2 Å². The molecule has 0 N–H and O–H groups in total. The zero-order valence-electron chi connectivity index (χ0n) is 15.7. The van der Waals surface area contributed by atoms with Crippen LogP contribution in [-0.4, -0.2) is 44.8 Å². The molecule has 0 radical (unpaired) electrons. The second-order valence-corrected chi connectivity index (χ2v) is 9.90. The number of aromatic nitrogens is 1. The Balaban J connectivity index is 1.80. The molecule has 1 saturated heterocycles. The number of hydrogen-bond donors (Lipinski definition) is 0. The molecular formula is C20H19FN2O4S2. The average molecular weight is 435 g/mol. The molecule has 1 aliphatic heterocycles. The maximum absolute atomic E-state index is 14.1. The van der Waals surface area contributed by atoms with Crippen LogP contribution in [0.5, 0.6) is 0 Å². The van der Waals surface area contributed by atoms with E-state index in [0.29, 0.717) is 16.4 Å². The summed E-state index contributed by atoms with van der Waals surface area (Å²) >= 11 is 1.19. The summed E-state index contributed by atoms with van der Waals surface area (Å²) in [7, 11) is -3.61. The van der Waals surface area contributed by atoms with Gasteiger partial charge in [0.25, 0.3) is 5.91 Å². The molecule has 3 aromatic rings. The minimum absolute atomic E-state index is 0.0466. The van der Waals surface area contributed by atoms with E-state index in [2.05, 4.69) is 4.98 Å². The molecule has 2 aromatic carbocycles. The van der Waals surface area contributed by atoms with E-state index in [1.54, 1.807) is 24.3 Å². The number of sulfone groups is 1. The first-order chi connectivity index (χ1) is 13.8. The lowest BCUT2D eigenvalue weighted by Crippen LogP contribution is -2.38. The highest BCUT2D eigenvalue weighted by Gasteiger charge is 2.30. The highest BCUT2D eigenvalue weighted by molar-refractivity contribution is 7.90. The number of anilines is 1. The molecule has 1 fully saturated rings. The quantitative estimate of drug-likeness (QED) is 0.613. The Bertz CT molecular complexity index is 1170. The van der Waals surface area contributed by atoms with Crippen molar-refractivity contribution in [3.8, 4) is 0 Å². The van der Waals surface area contributed by atoms with Gasteiger partial charge in [0.1, 0.15) is 11.3 Å². The molecule has 29 heavy (non-hydrogen) atoms. The fraction of sp³-hybridized carbons (Fsp3) is 0.300. The summed E-state index contributed by atoms with van der Waals surface area (Å²) in [5, 5.41) is 0.314. The second kappa shape index (κ2) is 7.81. The van der Waals surface area contributed by atoms with Crippen molar-refractivity contribution < 1.29 is 22.3 Å². The first-order valence-corrected chi connectivity index (χ1v) is 11.8. The molecule has 4 rings (SSSR count). The maximum atomic E-state index is 14.1. The van der Waals surface area contributed by atoms with E-state index < -0.39 is 21.6 Å². The van der Waals surface area contributed by atoms with Crippen LogP contribution >= 0.6 is 11.3 Å². The zero-order chi connectivity index (χ0) is 20.6. The van der Waals surface area contributed by atoms with Gasteiger partial charge in [-0.05, 0) is 37.1 Å². The zero-order valence-corrected chi connectivity index (χ0v) is 17.3. The fourth-order valence-corrected chi connectivity index (χ4v) is 5.24. The molecule has 6 nitrogen and oxygen atoms in total. The van der Waals surface area contributed by atoms with Crippen molar-refractivity contribution in [3.63, 3.8) is 0 Å². The van der Waals surface area contributed by atoms with Crippen LogP contribution in [0.4, 0.5) is 9.52 Å². The van der Waals surface area contributed by atoms with E-state index in [0.717, 1.165) is 19.1 Å². The maximum Gasteiger partial charge on any atom is 0.261 e. The summed E-state index contributed by atoms with van der Waals surface area (Å²) < 4.78 is 44.8. The molecule has 2 heterocycles. The Kier molecular flexibility index (Phi) is 5.37. The third kappa shape index (κ3) is 4.03. The van der Waals surface area contributed by atoms with Gasteiger partial charge in [-0.3, -0.25) is 9.69 Å². The number of fused-ring (bicyclic) bond motifs is 1. The number of carbonyl (C=O) groups excluding carboxylic acids is 1. The van der Waals surface area contributed by atoms with E-state index in [-0.39, 0.29) is 28.6 Å². The first-order valence-electron chi connectivity index (χ1n) is 9.12. The number of ether oxygens (including phenoxy) is 1. The summed E-state index contributed by atoms with van der Waals surface area (Å²) in [5.74, 6) is -0.966. The number of para-hydroxylation sites is 1. The highest BCUT2D eigenvalue weighted by Crippen LogP contribution is 2.32. The second-order valence-electron chi connectivity index (χ2n) is 6.90. The molecule has 1 aromatic heterocycles. The van der Waals surface area contributed by atoms with Gasteiger partial charge in [0.15, 0.2) is 15.0 Å². The topological polar surface area (TPSA) is 76.6 Å². The van der Waals surface area contributed by atoms with E-state index in [4.69, 9.17) is 4.74 Å².